The van der Waals surface area contributed by atoms with Crippen LogP contribution in [-0.2, 0) is 17.8 Å². The van der Waals surface area contributed by atoms with Crippen molar-refractivity contribution in [1.82, 2.24) is 4.57 Å². The molecule has 21 heavy (non-hydrogen) atoms. The van der Waals surface area contributed by atoms with Gasteiger partial charge in [0, 0.05) is 18.3 Å². The lowest BCUT2D eigenvalue weighted by molar-refractivity contribution is -0.136. The Labute approximate surface area is 123 Å². The largest absolute Gasteiger partial charge is 0.481 e. The fourth-order valence-corrected chi connectivity index (χ4v) is 2.66. The quantitative estimate of drug-likeness (QED) is 0.792. The molecule has 0 saturated carbocycles. The fourth-order valence-electron chi connectivity index (χ4n) is 2.66. The number of carboxylic acids is 1. The van der Waals surface area contributed by atoms with Crippen LogP contribution in [0.4, 0.5) is 0 Å². The van der Waals surface area contributed by atoms with Gasteiger partial charge in [0.1, 0.15) is 0 Å². The van der Waals surface area contributed by atoms with Crippen molar-refractivity contribution in [3.63, 3.8) is 0 Å². The van der Waals surface area contributed by atoms with Crippen molar-refractivity contribution in [3.05, 3.63) is 71.4 Å². The smallest absolute Gasteiger partial charge is 0.307 e. The van der Waals surface area contributed by atoms with E-state index in [0.29, 0.717) is 6.54 Å². The minimum Gasteiger partial charge on any atom is -0.481 e. The molecule has 1 aromatic heterocycles. The highest BCUT2D eigenvalue weighted by Crippen LogP contribution is 2.20. The van der Waals surface area contributed by atoms with E-state index in [2.05, 4.69) is 42.0 Å². The summed E-state index contributed by atoms with van der Waals surface area (Å²) < 4.78 is 2.17. The molecule has 3 aromatic rings. The van der Waals surface area contributed by atoms with Crippen molar-refractivity contribution in [2.24, 2.45) is 0 Å². The number of nitrogens with zero attached hydrogens (tertiary/aromatic N) is 1. The SMILES string of the molecule is Cc1ccc2ccn(Cc3ccccc3CC(=O)O)c2c1. The molecule has 0 radical (unpaired) electrons. The predicted molar refractivity (Wildman–Crippen MR) is 83.6 cm³/mol. The summed E-state index contributed by atoms with van der Waals surface area (Å²) in [6.07, 6.45) is 2.12. The van der Waals surface area contributed by atoms with E-state index < -0.39 is 5.97 Å². The zero-order chi connectivity index (χ0) is 14.8. The van der Waals surface area contributed by atoms with Crippen LogP contribution in [0.1, 0.15) is 16.7 Å². The van der Waals surface area contributed by atoms with Crippen molar-refractivity contribution < 1.29 is 9.90 Å². The van der Waals surface area contributed by atoms with Gasteiger partial charge < -0.3 is 9.67 Å². The third-order valence-electron chi connectivity index (χ3n) is 3.73. The van der Waals surface area contributed by atoms with Crippen LogP contribution in [0.25, 0.3) is 10.9 Å². The van der Waals surface area contributed by atoms with Gasteiger partial charge in [0.15, 0.2) is 0 Å². The standard InChI is InChI=1S/C18H17NO2/c1-13-6-7-14-8-9-19(17(14)10-13)12-16-5-3-2-4-15(16)11-18(20)21/h2-10H,11-12H2,1H3,(H,20,21). The second kappa shape index (κ2) is 5.44. The molecule has 0 spiro atoms. The molecule has 0 fully saturated rings. The number of carbonyl (C=O) groups is 1. The third-order valence-corrected chi connectivity index (χ3v) is 3.73. The van der Waals surface area contributed by atoms with Crippen molar-refractivity contribution >= 4 is 16.9 Å². The number of rotatable bonds is 4. The topological polar surface area (TPSA) is 42.2 Å². The summed E-state index contributed by atoms with van der Waals surface area (Å²) in [5.41, 5.74) is 4.33. The lowest BCUT2D eigenvalue weighted by Gasteiger charge is -2.10. The lowest BCUT2D eigenvalue weighted by atomic mass is 10.0. The number of aryl methyl sites for hydroxylation is 1. The van der Waals surface area contributed by atoms with Crippen LogP contribution in [0.15, 0.2) is 54.7 Å². The van der Waals surface area contributed by atoms with Crippen molar-refractivity contribution in [3.8, 4) is 0 Å². The molecule has 0 amide bonds. The Morgan fingerprint density at radius 3 is 2.62 bits per heavy atom. The lowest BCUT2D eigenvalue weighted by Crippen LogP contribution is -2.06. The molecule has 0 saturated heterocycles. The first-order chi connectivity index (χ1) is 10.1. The van der Waals surface area contributed by atoms with E-state index in [1.165, 1.54) is 16.5 Å². The highest BCUT2D eigenvalue weighted by Gasteiger charge is 2.08. The molecule has 0 aliphatic heterocycles. The van der Waals surface area contributed by atoms with Gasteiger partial charge in [0.2, 0.25) is 0 Å². The normalized spacial score (nSPS) is 10.9. The molecule has 0 bridgehead atoms. The van der Waals surface area contributed by atoms with E-state index in [0.717, 1.165) is 11.1 Å². The van der Waals surface area contributed by atoms with E-state index in [-0.39, 0.29) is 6.42 Å². The third kappa shape index (κ3) is 2.82. The fraction of sp³-hybridized carbons (Fsp3) is 0.167. The van der Waals surface area contributed by atoms with Crippen LogP contribution >= 0.6 is 0 Å². The van der Waals surface area contributed by atoms with Gasteiger partial charge >= 0.3 is 5.97 Å². The number of benzene rings is 2. The van der Waals surface area contributed by atoms with Gasteiger partial charge in [-0.2, -0.15) is 0 Å². The first kappa shape index (κ1) is 13.4. The second-order valence-corrected chi connectivity index (χ2v) is 5.35. The van der Waals surface area contributed by atoms with Gasteiger partial charge in [0.05, 0.1) is 6.42 Å². The van der Waals surface area contributed by atoms with Crippen molar-refractivity contribution in [2.45, 2.75) is 19.9 Å². The maximum absolute atomic E-state index is 11.0. The summed E-state index contributed by atoms with van der Waals surface area (Å²) in [6.45, 7) is 2.77. The Morgan fingerprint density at radius 2 is 1.86 bits per heavy atom. The van der Waals surface area contributed by atoms with Crippen molar-refractivity contribution in [2.75, 3.05) is 0 Å². The molecule has 0 atom stereocenters. The average Bonchev–Trinajstić information content (AvgIpc) is 2.83. The molecule has 106 valence electrons. The molecule has 3 nitrogen and oxygen atoms in total. The van der Waals surface area contributed by atoms with E-state index in [1.807, 2.05) is 24.3 Å². The van der Waals surface area contributed by atoms with Gasteiger partial charge in [0.25, 0.3) is 0 Å². The zero-order valence-electron chi connectivity index (χ0n) is 11.9. The highest BCUT2D eigenvalue weighted by atomic mass is 16.4. The molecule has 1 heterocycles. The summed E-state index contributed by atoms with van der Waals surface area (Å²) in [5, 5.41) is 10.2. The van der Waals surface area contributed by atoms with E-state index in [4.69, 9.17) is 5.11 Å². The summed E-state index contributed by atoms with van der Waals surface area (Å²) in [6, 6.07) is 16.2. The predicted octanol–water partition coefficient (Wildman–Crippen LogP) is 3.63. The Bertz CT molecular complexity index is 802. The maximum Gasteiger partial charge on any atom is 0.307 e. The molecule has 1 N–H and O–H groups in total. The minimum atomic E-state index is -0.796. The van der Waals surface area contributed by atoms with Crippen LogP contribution in [0, 0.1) is 6.92 Å². The summed E-state index contributed by atoms with van der Waals surface area (Å²) in [4.78, 5) is 11.0. The molecule has 2 aromatic carbocycles. The van der Waals surface area contributed by atoms with Crippen LogP contribution < -0.4 is 0 Å². The van der Waals surface area contributed by atoms with Gasteiger partial charge in [-0.3, -0.25) is 4.79 Å². The minimum absolute atomic E-state index is 0.0639. The van der Waals surface area contributed by atoms with Gasteiger partial charge in [-0.15, -0.1) is 0 Å². The van der Waals surface area contributed by atoms with Gasteiger partial charge in [-0.1, -0.05) is 36.4 Å². The molecule has 0 aliphatic carbocycles. The number of fused-ring (bicyclic) bond motifs is 1. The summed E-state index contributed by atoms with van der Waals surface area (Å²) >= 11 is 0. The number of aromatic nitrogens is 1. The molecular formula is C18H17NO2. The maximum atomic E-state index is 11.0. The molecule has 3 heteroatoms. The van der Waals surface area contributed by atoms with Gasteiger partial charge in [-0.25, -0.2) is 0 Å². The highest BCUT2D eigenvalue weighted by molar-refractivity contribution is 5.81. The van der Waals surface area contributed by atoms with Crippen LogP contribution in [-0.4, -0.2) is 15.6 Å². The summed E-state index contributed by atoms with van der Waals surface area (Å²) in [5.74, 6) is -0.796. The van der Waals surface area contributed by atoms with Crippen LogP contribution in [0.3, 0.4) is 0 Å². The van der Waals surface area contributed by atoms with Crippen molar-refractivity contribution in [1.29, 1.82) is 0 Å². The number of hydrogen-bond acceptors (Lipinski definition) is 1. The Hall–Kier alpha value is -2.55. The zero-order valence-corrected chi connectivity index (χ0v) is 11.9. The Balaban J connectivity index is 1.99. The first-order valence-corrected chi connectivity index (χ1v) is 6.97. The van der Waals surface area contributed by atoms with Gasteiger partial charge in [-0.05, 0) is 41.1 Å². The summed E-state index contributed by atoms with van der Waals surface area (Å²) in [7, 11) is 0. The monoisotopic (exact) mass is 279 g/mol. The number of hydrogen-bond donors (Lipinski definition) is 1. The van der Waals surface area contributed by atoms with Crippen LogP contribution in [0.2, 0.25) is 0 Å². The average molecular weight is 279 g/mol. The van der Waals surface area contributed by atoms with E-state index in [1.54, 1.807) is 0 Å². The molecule has 0 aliphatic rings. The molecular weight excluding hydrogens is 262 g/mol. The molecule has 0 unspecified atom stereocenters. The Kier molecular flexibility index (Phi) is 3.48. The second-order valence-electron chi connectivity index (χ2n) is 5.35. The van der Waals surface area contributed by atoms with Crippen LogP contribution in [0.5, 0.6) is 0 Å². The van der Waals surface area contributed by atoms with E-state index in [9.17, 15) is 4.79 Å². The first-order valence-electron chi connectivity index (χ1n) is 6.97. The Morgan fingerprint density at radius 1 is 1.10 bits per heavy atom. The van der Waals surface area contributed by atoms with E-state index >= 15 is 0 Å². The number of carboxylic acid groups (broad SMARTS) is 1. The number of aliphatic carboxylic acids is 1. The molecule has 3 rings (SSSR count).